The van der Waals surface area contributed by atoms with Gasteiger partial charge in [0.05, 0.1) is 0 Å². The van der Waals surface area contributed by atoms with Crippen LogP contribution in [0, 0.1) is 0 Å². The maximum absolute atomic E-state index is 4.94. The minimum atomic E-state index is 0.591. The predicted molar refractivity (Wildman–Crippen MR) is 162 cm³/mol. The summed E-state index contributed by atoms with van der Waals surface area (Å²) in [6, 6.07) is 0.591. The Morgan fingerprint density at radius 1 is 0.528 bits per heavy atom. The van der Waals surface area contributed by atoms with Gasteiger partial charge in [-0.25, -0.2) is 4.98 Å². The van der Waals surface area contributed by atoms with Crippen molar-refractivity contribution in [3.8, 4) is 0 Å². The molecule has 0 fully saturated rings. The van der Waals surface area contributed by atoms with E-state index in [-0.39, 0.29) is 0 Å². The molecule has 1 aromatic rings. The Morgan fingerprint density at radius 2 is 0.889 bits per heavy atom. The first kappa shape index (κ1) is 33.2. The maximum Gasteiger partial charge on any atom is 0.111 e. The second-order valence-corrected chi connectivity index (χ2v) is 11.8. The number of aromatic nitrogens is 2. The molecule has 0 amide bonds. The summed E-state index contributed by atoms with van der Waals surface area (Å²) in [5, 5.41) is 0. The van der Waals surface area contributed by atoms with Gasteiger partial charge in [-0.1, -0.05) is 162 Å². The zero-order chi connectivity index (χ0) is 26.1. The molecule has 0 aliphatic heterocycles. The number of hydrogen-bond donors (Lipinski definition) is 0. The van der Waals surface area contributed by atoms with Crippen molar-refractivity contribution in [2.45, 2.75) is 200 Å². The van der Waals surface area contributed by atoms with Crippen molar-refractivity contribution in [2.24, 2.45) is 0 Å². The van der Waals surface area contributed by atoms with Crippen molar-refractivity contribution >= 4 is 0 Å². The minimum absolute atomic E-state index is 0.591. The van der Waals surface area contributed by atoms with Gasteiger partial charge in [0.2, 0.25) is 0 Å². The van der Waals surface area contributed by atoms with Crippen molar-refractivity contribution in [2.75, 3.05) is 0 Å². The van der Waals surface area contributed by atoms with E-state index in [0.29, 0.717) is 12.0 Å². The van der Waals surface area contributed by atoms with E-state index in [0.717, 1.165) is 0 Å². The van der Waals surface area contributed by atoms with Gasteiger partial charge in [-0.05, 0) is 26.2 Å². The smallest absolute Gasteiger partial charge is 0.111 e. The highest BCUT2D eigenvalue weighted by Crippen LogP contribution is 2.30. The summed E-state index contributed by atoms with van der Waals surface area (Å²) in [5.74, 6) is 2.05. The molecule has 2 atom stereocenters. The molecule has 36 heavy (non-hydrogen) atoms. The molecule has 1 heterocycles. The molecule has 1 aromatic heterocycles. The zero-order valence-electron chi connectivity index (χ0n) is 25.4. The Morgan fingerprint density at radius 3 is 1.36 bits per heavy atom. The second kappa shape index (κ2) is 24.5. The fourth-order valence-electron chi connectivity index (χ4n) is 5.82. The van der Waals surface area contributed by atoms with Crippen LogP contribution in [0.1, 0.15) is 206 Å². The normalized spacial score (nSPS) is 13.3. The van der Waals surface area contributed by atoms with Gasteiger partial charge < -0.3 is 4.57 Å². The van der Waals surface area contributed by atoms with Gasteiger partial charge in [0.25, 0.3) is 0 Å². The van der Waals surface area contributed by atoms with Gasteiger partial charge in [0.1, 0.15) is 5.82 Å². The number of unbranched alkanes of at least 4 members (excludes halogenated alkanes) is 19. The molecule has 0 saturated carbocycles. The summed E-state index contributed by atoms with van der Waals surface area (Å²) in [6.45, 7) is 9.37. The first-order valence-corrected chi connectivity index (χ1v) is 16.8. The van der Waals surface area contributed by atoms with E-state index in [4.69, 9.17) is 4.98 Å². The number of rotatable bonds is 27. The van der Waals surface area contributed by atoms with E-state index >= 15 is 0 Å². The van der Waals surface area contributed by atoms with Crippen LogP contribution >= 0.6 is 0 Å². The fraction of sp³-hybridized carbons (Fsp3) is 0.912. The van der Waals surface area contributed by atoms with E-state index in [1.165, 1.54) is 166 Å². The predicted octanol–water partition coefficient (Wildman–Crippen LogP) is 12.3. The van der Waals surface area contributed by atoms with Crippen LogP contribution in [0.25, 0.3) is 0 Å². The fourth-order valence-corrected chi connectivity index (χ4v) is 5.82. The molecule has 0 spiro atoms. The Balaban J connectivity index is 2.36. The summed E-state index contributed by atoms with van der Waals surface area (Å²) in [4.78, 5) is 4.94. The molecule has 0 bridgehead atoms. The van der Waals surface area contributed by atoms with Crippen molar-refractivity contribution in [3.63, 3.8) is 0 Å². The average Bonchev–Trinajstić information content (AvgIpc) is 3.37. The van der Waals surface area contributed by atoms with Gasteiger partial charge in [-0.3, -0.25) is 0 Å². The average molecular weight is 503 g/mol. The van der Waals surface area contributed by atoms with E-state index in [1.807, 2.05) is 0 Å². The lowest BCUT2D eigenvalue weighted by Gasteiger charge is -2.22. The van der Waals surface area contributed by atoms with Crippen LogP contribution in [0.4, 0.5) is 0 Å². The first-order valence-electron chi connectivity index (χ1n) is 16.8. The topological polar surface area (TPSA) is 17.8 Å². The summed E-state index contributed by atoms with van der Waals surface area (Å²) in [7, 11) is 0. The highest BCUT2D eigenvalue weighted by atomic mass is 15.1. The monoisotopic (exact) mass is 503 g/mol. The molecule has 2 nitrogen and oxygen atoms in total. The van der Waals surface area contributed by atoms with Crippen molar-refractivity contribution in [3.05, 3.63) is 18.2 Å². The van der Waals surface area contributed by atoms with Crippen LogP contribution < -0.4 is 0 Å². The maximum atomic E-state index is 4.94. The van der Waals surface area contributed by atoms with Crippen LogP contribution in [0.15, 0.2) is 12.4 Å². The van der Waals surface area contributed by atoms with Crippen LogP contribution in [0.5, 0.6) is 0 Å². The summed E-state index contributed by atoms with van der Waals surface area (Å²) in [6.07, 6.45) is 39.3. The SMILES string of the molecule is CCCCCCCCCCCCC(CCCCC)c1nccn1C(C)CCCCCCCCCCC. The Bertz CT molecular complexity index is 563. The van der Waals surface area contributed by atoms with Crippen LogP contribution in [0.2, 0.25) is 0 Å². The van der Waals surface area contributed by atoms with Gasteiger partial charge in [-0.2, -0.15) is 0 Å². The molecule has 0 aromatic carbocycles. The third-order valence-electron chi connectivity index (χ3n) is 8.33. The van der Waals surface area contributed by atoms with Gasteiger partial charge in [0, 0.05) is 24.4 Å². The lowest BCUT2D eigenvalue weighted by molar-refractivity contribution is 0.414. The van der Waals surface area contributed by atoms with Gasteiger partial charge in [-0.15, -0.1) is 0 Å². The molecule has 0 radical (unpaired) electrons. The Hall–Kier alpha value is -0.790. The van der Waals surface area contributed by atoms with Crippen molar-refractivity contribution in [1.82, 2.24) is 9.55 Å². The lowest BCUT2D eigenvalue weighted by Crippen LogP contribution is -2.13. The third-order valence-corrected chi connectivity index (χ3v) is 8.33. The first-order chi connectivity index (χ1) is 17.7. The van der Waals surface area contributed by atoms with E-state index in [9.17, 15) is 0 Å². The Labute approximate surface area is 227 Å². The van der Waals surface area contributed by atoms with Crippen LogP contribution in [-0.4, -0.2) is 9.55 Å². The number of hydrogen-bond acceptors (Lipinski definition) is 1. The largest absolute Gasteiger partial charge is 0.332 e. The highest BCUT2D eigenvalue weighted by Gasteiger charge is 2.19. The lowest BCUT2D eigenvalue weighted by atomic mass is 9.93. The molecule has 0 saturated heterocycles. The summed E-state index contributed by atoms with van der Waals surface area (Å²) >= 11 is 0. The highest BCUT2D eigenvalue weighted by molar-refractivity contribution is 5.02. The molecule has 2 heteroatoms. The molecular formula is C34H66N2. The molecule has 2 unspecified atom stereocenters. The molecule has 1 rings (SSSR count). The molecule has 0 aliphatic carbocycles. The minimum Gasteiger partial charge on any atom is -0.332 e. The second-order valence-electron chi connectivity index (χ2n) is 11.8. The quantitative estimate of drug-likeness (QED) is 0.109. The van der Waals surface area contributed by atoms with E-state index < -0.39 is 0 Å². The molecule has 0 N–H and O–H groups in total. The van der Waals surface area contributed by atoms with Crippen molar-refractivity contribution in [1.29, 1.82) is 0 Å². The van der Waals surface area contributed by atoms with Crippen LogP contribution in [-0.2, 0) is 0 Å². The third kappa shape index (κ3) is 16.9. The number of imidazole rings is 1. The molecule has 212 valence electrons. The van der Waals surface area contributed by atoms with Crippen molar-refractivity contribution < 1.29 is 0 Å². The van der Waals surface area contributed by atoms with E-state index in [2.05, 4.69) is 44.7 Å². The number of nitrogens with zero attached hydrogens (tertiary/aromatic N) is 2. The molecule has 0 aliphatic rings. The summed E-state index contributed by atoms with van der Waals surface area (Å²) < 4.78 is 2.55. The Kier molecular flexibility index (Phi) is 22.7. The van der Waals surface area contributed by atoms with Gasteiger partial charge >= 0.3 is 0 Å². The molecular weight excluding hydrogens is 436 g/mol. The van der Waals surface area contributed by atoms with E-state index in [1.54, 1.807) is 0 Å². The van der Waals surface area contributed by atoms with Gasteiger partial charge in [0.15, 0.2) is 0 Å². The standard InChI is InChI=1S/C34H66N2/c1-5-8-11-13-15-17-19-21-23-26-29-33(28-24-10-7-3)34-35-30-31-36(34)32(4)27-25-22-20-18-16-14-12-9-6-2/h30-33H,5-29H2,1-4H3. The summed E-state index contributed by atoms with van der Waals surface area (Å²) in [5.41, 5.74) is 0. The van der Waals surface area contributed by atoms with Crippen LogP contribution in [0.3, 0.4) is 0 Å². The zero-order valence-corrected chi connectivity index (χ0v) is 25.4.